The highest BCUT2D eigenvalue weighted by atomic mass is 19.2. The summed E-state index contributed by atoms with van der Waals surface area (Å²) in [5.74, 6) is -7.80. The van der Waals surface area contributed by atoms with E-state index >= 15 is 0 Å². The van der Waals surface area contributed by atoms with E-state index in [0.29, 0.717) is 5.56 Å². The van der Waals surface area contributed by atoms with E-state index in [4.69, 9.17) is 9.47 Å². The van der Waals surface area contributed by atoms with Crippen LogP contribution in [0.15, 0.2) is 42.6 Å². The molecule has 8 heteroatoms. The number of esters is 2. The molecule has 1 aromatic carbocycles. The monoisotopic (exact) mass is 405 g/mol. The van der Waals surface area contributed by atoms with Gasteiger partial charge in [0.2, 0.25) is 5.92 Å². The molecule has 2 aromatic rings. The maximum atomic E-state index is 13.6. The van der Waals surface area contributed by atoms with Crippen LogP contribution < -0.4 is 0 Å². The summed E-state index contributed by atoms with van der Waals surface area (Å²) in [7, 11) is 0. The number of hydrogen-bond acceptors (Lipinski definition) is 6. The van der Waals surface area contributed by atoms with Crippen LogP contribution in [0.1, 0.15) is 31.0 Å². The Morgan fingerprint density at radius 2 is 1.62 bits per heavy atom. The molecule has 0 aliphatic carbocycles. The Labute approximate surface area is 166 Å². The number of ketones is 1. The molecule has 154 valence electrons. The summed E-state index contributed by atoms with van der Waals surface area (Å²) in [5.41, 5.74) is 0.584. The molecule has 2 rings (SSSR count). The maximum absolute atomic E-state index is 13.6. The number of ether oxygens (including phenoxy) is 2. The molecule has 0 aliphatic rings. The normalized spacial score (nSPS) is 11.8. The van der Waals surface area contributed by atoms with E-state index in [1.54, 1.807) is 32.0 Å². The summed E-state index contributed by atoms with van der Waals surface area (Å²) in [5, 5.41) is 0. The topological polar surface area (TPSA) is 82.6 Å². The lowest BCUT2D eigenvalue weighted by atomic mass is 9.85. The minimum atomic E-state index is -1.80. The molecule has 0 radical (unpaired) electrons. The van der Waals surface area contributed by atoms with E-state index in [1.807, 2.05) is 0 Å². The fraction of sp³-hybridized carbons (Fsp3) is 0.333. The van der Waals surface area contributed by atoms with Crippen molar-refractivity contribution in [2.45, 2.75) is 26.2 Å². The number of Topliss-reactive ketones (excluding diaryl/α,β-unsaturated/α-hetero) is 1. The van der Waals surface area contributed by atoms with Crippen LogP contribution in [0.25, 0.3) is 0 Å². The van der Waals surface area contributed by atoms with Gasteiger partial charge in [-0.25, -0.2) is 8.78 Å². The summed E-state index contributed by atoms with van der Waals surface area (Å²) in [6, 6.07) is 8.05. The van der Waals surface area contributed by atoms with E-state index in [1.165, 1.54) is 12.3 Å². The molecule has 1 atom stereocenters. The fourth-order valence-electron chi connectivity index (χ4n) is 2.82. The van der Waals surface area contributed by atoms with Crippen LogP contribution in [0, 0.1) is 17.6 Å². The molecule has 1 heterocycles. The molecule has 0 amide bonds. The van der Waals surface area contributed by atoms with Crippen molar-refractivity contribution in [2.75, 3.05) is 13.2 Å². The van der Waals surface area contributed by atoms with Gasteiger partial charge >= 0.3 is 11.9 Å². The van der Waals surface area contributed by atoms with E-state index in [2.05, 4.69) is 4.98 Å². The number of aromatic nitrogens is 1. The average Bonchev–Trinajstić information content (AvgIpc) is 2.70. The van der Waals surface area contributed by atoms with Gasteiger partial charge in [-0.2, -0.15) is 0 Å². The Balaban J connectivity index is 2.44. The van der Waals surface area contributed by atoms with Crippen LogP contribution in [0.4, 0.5) is 8.78 Å². The van der Waals surface area contributed by atoms with Gasteiger partial charge in [-0.15, -0.1) is 0 Å². The summed E-state index contributed by atoms with van der Waals surface area (Å²) in [6.07, 6.45) is 1.35. The van der Waals surface area contributed by atoms with Crippen LogP contribution in [0.2, 0.25) is 0 Å². The van der Waals surface area contributed by atoms with Crippen molar-refractivity contribution in [3.05, 3.63) is 65.5 Å². The smallest absolute Gasteiger partial charge is 0.328 e. The first-order chi connectivity index (χ1) is 13.9. The van der Waals surface area contributed by atoms with E-state index in [0.717, 1.165) is 12.1 Å². The minimum Gasteiger partial charge on any atom is -0.465 e. The van der Waals surface area contributed by atoms with Crippen LogP contribution in [0.5, 0.6) is 0 Å². The molecule has 0 bridgehead atoms. The van der Waals surface area contributed by atoms with E-state index < -0.39 is 41.2 Å². The number of carbonyl (C=O) groups is 3. The van der Waals surface area contributed by atoms with E-state index in [-0.39, 0.29) is 25.3 Å². The van der Waals surface area contributed by atoms with Gasteiger partial charge in [-0.1, -0.05) is 12.1 Å². The van der Waals surface area contributed by atoms with Gasteiger partial charge in [0.15, 0.2) is 17.4 Å². The third-order valence-electron chi connectivity index (χ3n) is 4.14. The van der Waals surface area contributed by atoms with Gasteiger partial charge in [-0.05, 0) is 50.1 Å². The molecule has 0 saturated carbocycles. The van der Waals surface area contributed by atoms with Gasteiger partial charge in [0.1, 0.15) is 0 Å². The first-order valence-electron chi connectivity index (χ1n) is 9.10. The second-order valence-electron chi connectivity index (χ2n) is 6.10. The number of benzene rings is 1. The molecule has 0 spiro atoms. The van der Waals surface area contributed by atoms with Crippen LogP contribution >= 0.6 is 0 Å². The molecule has 29 heavy (non-hydrogen) atoms. The van der Waals surface area contributed by atoms with Crippen molar-refractivity contribution in [1.82, 2.24) is 4.98 Å². The first-order valence-corrected chi connectivity index (χ1v) is 9.10. The summed E-state index contributed by atoms with van der Waals surface area (Å²) < 4.78 is 36.6. The second kappa shape index (κ2) is 10.4. The number of halogens is 2. The molecular weight excluding hydrogens is 384 g/mol. The highest BCUT2D eigenvalue weighted by Gasteiger charge is 2.41. The number of rotatable bonds is 9. The Morgan fingerprint density at radius 1 is 0.966 bits per heavy atom. The minimum absolute atomic E-state index is 0.0283. The second-order valence-corrected chi connectivity index (χ2v) is 6.10. The molecule has 1 unspecified atom stereocenters. The predicted octanol–water partition coefficient (Wildman–Crippen LogP) is 3.00. The first kappa shape index (κ1) is 22.1. The lowest BCUT2D eigenvalue weighted by Gasteiger charge is -2.20. The third kappa shape index (κ3) is 5.66. The number of carbonyl (C=O) groups excluding carboxylic acids is 3. The Hall–Kier alpha value is -3.16. The van der Waals surface area contributed by atoms with Crippen molar-refractivity contribution in [1.29, 1.82) is 0 Å². The standard InChI is InChI=1S/C21H21F2NO5/c1-3-28-20(26)18(21(27)29-4-2)19(25)14(17-7-5-6-10-24-17)11-13-8-9-15(22)16(23)12-13/h5-10,12,14,18H,3-4,11H2,1-2H3. The predicted molar refractivity (Wildman–Crippen MR) is 98.8 cm³/mol. The number of nitrogens with zero attached hydrogens (tertiary/aromatic N) is 1. The molecule has 0 aliphatic heterocycles. The molecule has 0 N–H and O–H groups in total. The lowest BCUT2D eigenvalue weighted by molar-refractivity contribution is -0.164. The molecule has 6 nitrogen and oxygen atoms in total. The zero-order valence-electron chi connectivity index (χ0n) is 16.1. The quantitative estimate of drug-likeness (QED) is 0.471. The zero-order chi connectivity index (χ0) is 21.4. The largest absolute Gasteiger partial charge is 0.465 e. The molecule has 1 aromatic heterocycles. The van der Waals surface area contributed by atoms with Gasteiger partial charge in [0.25, 0.3) is 0 Å². The fourth-order valence-corrected chi connectivity index (χ4v) is 2.82. The van der Waals surface area contributed by atoms with Crippen molar-refractivity contribution in [2.24, 2.45) is 5.92 Å². The van der Waals surface area contributed by atoms with Crippen LogP contribution in [-0.2, 0) is 30.3 Å². The SMILES string of the molecule is CCOC(=O)C(C(=O)OCC)C(=O)C(Cc1ccc(F)c(F)c1)c1ccccn1. The average molecular weight is 405 g/mol. The number of hydrogen-bond donors (Lipinski definition) is 0. The summed E-state index contributed by atoms with van der Waals surface area (Å²) in [6.45, 7) is 3.03. The molecular formula is C21H21F2NO5. The van der Waals surface area contributed by atoms with Crippen molar-refractivity contribution >= 4 is 17.7 Å². The van der Waals surface area contributed by atoms with Gasteiger partial charge in [-0.3, -0.25) is 19.4 Å². The van der Waals surface area contributed by atoms with Crippen LogP contribution in [0.3, 0.4) is 0 Å². The van der Waals surface area contributed by atoms with Gasteiger partial charge in [0, 0.05) is 6.20 Å². The number of pyridine rings is 1. The third-order valence-corrected chi connectivity index (χ3v) is 4.14. The maximum Gasteiger partial charge on any atom is 0.328 e. The Morgan fingerprint density at radius 3 is 2.14 bits per heavy atom. The van der Waals surface area contributed by atoms with E-state index in [9.17, 15) is 23.2 Å². The Bertz CT molecular complexity index is 855. The Kier molecular flexibility index (Phi) is 7.94. The lowest BCUT2D eigenvalue weighted by Crippen LogP contribution is -2.38. The van der Waals surface area contributed by atoms with Gasteiger partial charge in [0.05, 0.1) is 24.8 Å². The van der Waals surface area contributed by atoms with Crippen molar-refractivity contribution in [3.63, 3.8) is 0 Å². The van der Waals surface area contributed by atoms with Crippen molar-refractivity contribution in [3.8, 4) is 0 Å². The highest BCUT2D eigenvalue weighted by Crippen LogP contribution is 2.26. The zero-order valence-corrected chi connectivity index (χ0v) is 16.1. The highest BCUT2D eigenvalue weighted by molar-refractivity contribution is 6.16. The summed E-state index contributed by atoms with van der Waals surface area (Å²) in [4.78, 5) is 42.0. The van der Waals surface area contributed by atoms with Crippen molar-refractivity contribution < 1.29 is 32.6 Å². The van der Waals surface area contributed by atoms with Crippen LogP contribution in [-0.4, -0.2) is 35.9 Å². The molecule has 0 fully saturated rings. The summed E-state index contributed by atoms with van der Waals surface area (Å²) >= 11 is 0. The van der Waals surface area contributed by atoms with Gasteiger partial charge < -0.3 is 9.47 Å². The molecule has 0 saturated heterocycles.